The van der Waals surface area contributed by atoms with Gasteiger partial charge in [-0.3, -0.25) is 0 Å². The summed E-state index contributed by atoms with van der Waals surface area (Å²) in [6.45, 7) is 5.50. The summed E-state index contributed by atoms with van der Waals surface area (Å²) < 4.78 is 32.3. The molecule has 0 aliphatic rings. The maximum Gasteiger partial charge on any atom is 0.322 e. The number of para-hydroxylation sites is 1. The van der Waals surface area contributed by atoms with E-state index in [-0.39, 0.29) is 23.0 Å². The van der Waals surface area contributed by atoms with Crippen molar-refractivity contribution in [3.63, 3.8) is 0 Å². The fourth-order valence-corrected chi connectivity index (χ4v) is 4.31. The molecule has 0 fully saturated rings. The summed E-state index contributed by atoms with van der Waals surface area (Å²) in [5, 5.41) is 3.78. The number of nitrogens with one attached hydrogen (secondary N) is 1. The van der Waals surface area contributed by atoms with E-state index in [1.165, 1.54) is 21.3 Å². The van der Waals surface area contributed by atoms with E-state index in [1.54, 1.807) is 26.2 Å². The van der Waals surface area contributed by atoms with Gasteiger partial charge in [0.25, 0.3) is 0 Å². The molecule has 0 radical (unpaired) electrons. The number of hydrogen-bond donors (Lipinski definition) is 1. The molecule has 0 aliphatic carbocycles. The summed E-state index contributed by atoms with van der Waals surface area (Å²) >= 11 is 0. The van der Waals surface area contributed by atoms with Gasteiger partial charge in [0.2, 0.25) is 10.0 Å². The second kappa shape index (κ2) is 8.49. The molecule has 1 atom stereocenters. The SMILES string of the molecule is CC(c1cc2ccccc2o1)N(C)C(=O)Nc1ccc(S(=O)(=O)N(C)C(C)C)cc1. The van der Waals surface area contributed by atoms with Crippen molar-refractivity contribution in [1.29, 1.82) is 0 Å². The third-order valence-corrected chi connectivity index (χ3v) is 7.32. The monoisotopic (exact) mass is 429 g/mol. The van der Waals surface area contributed by atoms with Crippen LogP contribution in [0.3, 0.4) is 0 Å². The molecule has 30 heavy (non-hydrogen) atoms. The minimum absolute atomic E-state index is 0.150. The Morgan fingerprint density at radius 3 is 2.23 bits per heavy atom. The number of sulfonamides is 1. The Balaban J connectivity index is 1.70. The second-order valence-electron chi connectivity index (χ2n) is 7.54. The zero-order valence-corrected chi connectivity index (χ0v) is 18.6. The average molecular weight is 430 g/mol. The summed E-state index contributed by atoms with van der Waals surface area (Å²) in [5.74, 6) is 0.687. The first-order chi connectivity index (χ1) is 14.1. The van der Waals surface area contributed by atoms with Crippen molar-refractivity contribution in [3.8, 4) is 0 Å². The first-order valence-electron chi connectivity index (χ1n) is 9.71. The van der Waals surface area contributed by atoms with E-state index in [1.807, 2.05) is 51.1 Å². The van der Waals surface area contributed by atoms with Gasteiger partial charge in [0, 0.05) is 31.2 Å². The van der Waals surface area contributed by atoms with E-state index in [0.29, 0.717) is 11.4 Å². The van der Waals surface area contributed by atoms with Gasteiger partial charge in [-0.1, -0.05) is 18.2 Å². The van der Waals surface area contributed by atoms with E-state index in [9.17, 15) is 13.2 Å². The van der Waals surface area contributed by atoms with Crippen molar-refractivity contribution in [2.45, 2.75) is 37.8 Å². The van der Waals surface area contributed by atoms with Gasteiger partial charge in [-0.2, -0.15) is 4.31 Å². The van der Waals surface area contributed by atoms with Crippen molar-refractivity contribution in [3.05, 3.63) is 60.4 Å². The normalized spacial score (nSPS) is 13.0. The van der Waals surface area contributed by atoms with Crippen LogP contribution in [-0.2, 0) is 10.0 Å². The van der Waals surface area contributed by atoms with Crippen molar-refractivity contribution in [2.75, 3.05) is 19.4 Å². The van der Waals surface area contributed by atoms with Crippen LogP contribution in [0.15, 0.2) is 63.9 Å². The van der Waals surface area contributed by atoms with Gasteiger partial charge < -0.3 is 14.6 Å². The molecular weight excluding hydrogens is 402 g/mol. The number of anilines is 1. The van der Waals surface area contributed by atoms with Gasteiger partial charge in [-0.15, -0.1) is 0 Å². The topological polar surface area (TPSA) is 82.9 Å². The summed E-state index contributed by atoms with van der Waals surface area (Å²) in [4.78, 5) is 14.4. The number of furan rings is 1. The van der Waals surface area contributed by atoms with Crippen LogP contribution < -0.4 is 5.32 Å². The molecule has 160 valence electrons. The summed E-state index contributed by atoms with van der Waals surface area (Å²) in [7, 11) is -0.334. The zero-order valence-electron chi connectivity index (χ0n) is 17.8. The maximum atomic E-state index is 12.7. The van der Waals surface area contributed by atoms with Gasteiger partial charge in [0.1, 0.15) is 11.3 Å². The minimum Gasteiger partial charge on any atom is -0.459 e. The maximum absolute atomic E-state index is 12.7. The Bertz CT molecular complexity index is 1100. The Morgan fingerprint density at radius 1 is 1.00 bits per heavy atom. The van der Waals surface area contributed by atoms with Crippen LogP contribution in [0.1, 0.15) is 32.6 Å². The Kier molecular flexibility index (Phi) is 6.19. The molecule has 1 unspecified atom stereocenters. The number of urea groups is 1. The molecule has 8 heteroatoms. The van der Waals surface area contributed by atoms with E-state index >= 15 is 0 Å². The lowest BCUT2D eigenvalue weighted by atomic mass is 10.2. The lowest BCUT2D eigenvalue weighted by molar-refractivity contribution is 0.201. The zero-order chi connectivity index (χ0) is 22.1. The summed E-state index contributed by atoms with van der Waals surface area (Å²) in [6, 6.07) is 15.0. The predicted molar refractivity (Wildman–Crippen MR) is 118 cm³/mol. The number of carbonyl (C=O) groups excluding carboxylic acids is 1. The molecule has 2 aromatic carbocycles. The van der Waals surface area contributed by atoms with E-state index in [2.05, 4.69) is 5.32 Å². The van der Waals surface area contributed by atoms with Crippen LogP contribution in [0.5, 0.6) is 0 Å². The molecule has 0 spiro atoms. The van der Waals surface area contributed by atoms with Crippen molar-refractivity contribution < 1.29 is 17.6 Å². The van der Waals surface area contributed by atoms with E-state index in [0.717, 1.165) is 11.0 Å². The molecule has 1 aromatic heterocycles. The lowest BCUT2D eigenvalue weighted by Gasteiger charge is -2.24. The number of amides is 2. The minimum atomic E-state index is -3.56. The van der Waals surface area contributed by atoms with Crippen molar-refractivity contribution in [1.82, 2.24) is 9.21 Å². The molecule has 3 rings (SSSR count). The molecule has 1 heterocycles. The first kappa shape index (κ1) is 21.9. The lowest BCUT2D eigenvalue weighted by Crippen LogP contribution is -2.34. The van der Waals surface area contributed by atoms with Crippen molar-refractivity contribution >= 4 is 32.7 Å². The fraction of sp³-hybridized carbons (Fsp3) is 0.318. The molecule has 0 aliphatic heterocycles. The number of carbonyl (C=O) groups is 1. The molecule has 3 aromatic rings. The molecule has 2 amide bonds. The number of fused-ring (bicyclic) bond motifs is 1. The Morgan fingerprint density at radius 2 is 1.63 bits per heavy atom. The van der Waals surface area contributed by atoms with Crippen LogP contribution in [-0.4, -0.2) is 43.8 Å². The third kappa shape index (κ3) is 4.34. The highest BCUT2D eigenvalue weighted by Crippen LogP contribution is 2.27. The van der Waals surface area contributed by atoms with Gasteiger partial charge >= 0.3 is 6.03 Å². The highest BCUT2D eigenvalue weighted by molar-refractivity contribution is 7.89. The molecular formula is C22H27N3O4S. The fourth-order valence-electron chi connectivity index (χ4n) is 2.94. The van der Waals surface area contributed by atoms with Crippen LogP contribution in [0.25, 0.3) is 11.0 Å². The number of hydrogen-bond acceptors (Lipinski definition) is 4. The van der Waals surface area contributed by atoms with E-state index < -0.39 is 10.0 Å². The summed E-state index contributed by atoms with van der Waals surface area (Å²) in [5.41, 5.74) is 1.28. The number of nitrogens with zero attached hydrogens (tertiary/aromatic N) is 2. The first-order valence-corrected chi connectivity index (χ1v) is 11.2. The molecule has 7 nitrogen and oxygen atoms in total. The van der Waals surface area contributed by atoms with Crippen LogP contribution in [0, 0.1) is 0 Å². The molecule has 0 saturated carbocycles. The molecule has 1 N–H and O–H groups in total. The largest absolute Gasteiger partial charge is 0.459 e. The standard InChI is InChI=1S/C22H27N3O4S/c1-15(2)25(5)30(27,28)19-12-10-18(11-13-19)23-22(26)24(4)16(3)21-14-17-8-6-7-9-20(17)29-21/h6-16H,1-5H3,(H,23,26). The van der Waals surface area contributed by atoms with Gasteiger partial charge in [-0.25, -0.2) is 13.2 Å². The third-order valence-electron chi connectivity index (χ3n) is 5.27. The van der Waals surface area contributed by atoms with Crippen LogP contribution in [0.2, 0.25) is 0 Å². The smallest absolute Gasteiger partial charge is 0.322 e. The number of rotatable bonds is 6. The highest BCUT2D eigenvalue weighted by atomic mass is 32.2. The molecule has 0 saturated heterocycles. The van der Waals surface area contributed by atoms with Gasteiger partial charge in [-0.05, 0) is 57.2 Å². The van der Waals surface area contributed by atoms with Gasteiger partial charge in [0.05, 0.1) is 10.9 Å². The van der Waals surface area contributed by atoms with Crippen LogP contribution in [0.4, 0.5) is 10.5 Å². The Hall–Kier alpha value is -2.84. The van der Waals surface area contributed by atoms with E-state index in [4.69, 9.17) is 4.42 Å². The second-order valence-corrected chi connectivity index (χ2v) is 9.54. The van der Waals surface area contributed by atoms with Gasteiger partial charge in [0.15, 0.2) is 0 Å². The van der Waals surface area contributed by atoms with Crippen LogP contribution >= 0.6 is 0 Å². The number of benzene rings is 2. The van der Waals surface area contributed by atoms with Crippen molar-refractivity contribution in [2.24, 2.45) is 0 Å². The summed E-state index contributed by atoms with van der Waals surface area (Å²) in [6.07, 6.45) is 0. The Labute approximate surface area is 177 Å². The highest BCUT2D eigenvalue weighted by Gasteiger charge is 2.24. The molecule has 0 bridgehead atoms. The quantitative estimate of drug-likeness (QED) is 0.616. The average Bonchev–Trinajstić information content (AvgIpc) is 3.16. The predicted octanol–water partition coefficient (Wildman–Crippen LogP) is 4.69.